The number of anilines is 1. The molecule has 9 nitrogen and oxygen atoms in total. The average molecular weight is 367 g/mol. The SMILES string of the molecule is CCOC(=O)COc1ccc(/C=C(/C#N)c2[nH]nc(N)c2C#N)cc1OC. The van der Waals surface area contributed by atoms with Gasteiger partial charge in [0.2, 0.25) is 0 Å². The van der Waals surface area contributed by atoms with Gasteiger partial charge in [0.25, 0.3) is 0 Å². The zero-order valence-electron chi connectivity index (χ0n) is 14.8. The number of aromatic nitrogens is 2. The predicted octanol–water partition coefficient (Wildman–Crippen LogP) is 1.88. The molecule has 1 heterocycles. The van der Waals surface area contributed by atoms with Crippen LogP contribution in [0.4, 0.5) is 5.82 Å². The number of aromatic amines is 1. The summed E-state index contributed by atoms with van der Waals surface area (Å²) in [5, 5.41) is 24.9. The van der Waals surface area contributed by atoms with Gasteiger partial charge in [-0.05, 0) is 30.7 Å². The Bertz CT molecular complexity index is 950. The van der Waals surface area contributed by atoms with Crippen molar-refractivity contribution in [1.29, 1.82) is 10.5 Å². The largest absolute Gasteiger partial charge is 0.493 e. The van der Waals surface area contributed by atoms with Crippen LogP contribution in [0.2, 0.25) is 0 Å². The number of rotatable bonds is 7. The third-order valence-corrected chi connectivity index (χ3v) is 3.45. The number of benzene rings is 1. The second-order valence-electron chi connectivity index (χ2n) is 5.14. The highest BCUT2D eigenvalue weighted by molar-refractivity contribution is 5.91. The summed E-state index contributed by atoms with van der Waals surface area (Å²) in [6.45, 7) is 1.72. The Morgan fingerprint density at radius 3 is 2.78 bits per heavy atom. The molecule has 0 saturated heterocycles. The molecule has 1 aromatic heterocycles. The van der Waals surface area contributed by atoms with Crippen LogP contribution in [0, 0.1) is 22.7 Å². The first kappa shape index (κ1) is 19.3. The van der Waals surface area contributed by atoms with E-state index in [2.05, 4.69) is 10.2 Å². The second-order valence-corrected chi connectivity index (χ2v) is 5.14. The van der Waals surface area contributed by atoms with Crippen LogP contribution in [-0.4, -0.2) is 36.5 Å². The molecule has 0 aliphatic rings. The van der Waals surface area contributed by atoms with E-state index in [1.807, 2.05) is 12.1 Å². The van der Waals surface area contributed by atoms with E-state index >= 15 is 0 Å². The molecule has 0 radical (unpaired) electrons. The van der Waals surface area contributed by atoms with Crippen molar-refractivity contribution >= 4 is 23.4 Å². The van der Waals surface area contributed by atoms with Gasteiger partial charge in [-0.15, -0.1) is 0 Å². The minimum absolute atomic E-state index is 0.0222. The number of H-pyrrole nitrogens is 1. The van der Waals surface area contributed by atoms with Crippen LogP contribution in [0.1, 0.15) is 23.7 Å². The number of allylic oxidation sites excluding steroid dienone is 1. The van der Waals surface area contributed by atoms with Gasteiger partial charge in [-0.1, -0.05) is 6.07 Å². The molecule has 0 aliphatic carbocycles. The van der Waals surface area contributed by atoms with Gasteiger partial charge >= 0.3 is 5.97 Å². The fraction of sp³-hybridized carbons (Fsp3) is 0.222. The third kappa shape index (κ3) is 4.55. The first-order valence-corrected chi connectivity index (χ1v) is 7.86. The quantitative estimate of drug-likeness (QED) is 0.557. The Balaban J connectivity index is 2.30. The summed E-state index contributed by atoms with van der Waals surface area (Å²) in [6, 6.07) is 8.83. The lowest BCUT2D eigenvalue weighted by atomic mass is 10.1. The Kier molecular flexibility index (Phi) is 6.39. The first-order chi connectivity index (χ1) is 13.0. The number of nitrogens with one attached hydrogen (secondary N) is 1. The number of carbonyl (C=O) groups excluding carboxylic acids is 1. The van der Waals surface area contributed by atoms with Crippen molar-refractivity contribution in [2.45, 2.75) is 6.92 Å². The molecule has 0 unspecified atom stereocenters. The Morgan fingerprint density at radius 2 is 2.15 bits per heavy atom. The lowest BCUT2D eigenvalue weighted by molar-refractivity contribution is -0.145. The van der Waals surface area contributed by atoms with E-state index in [-0.39, 0.29) is 35.9 Å². The summed E-state index contributed by atoms with van der Waals surface area (Å²) in [7, 11) is 1.45. The van der Waals surface area contributed by atoms with Crippen LogP contribution in [0.15, 0.2) is 18.2 Å². The van der Waals surface area contributed by atoms with Gasteiger partial charge in [-0.2, -0.15) is 15.6 Å². The van der Waals surface area contributed by atoms with Crippen LogP contribution in [0.3, 0.4) is 0 Å². The highest BCUT2D eigenvalue weighted by Crippen LogP contribution is 2.30. The molecule has 0 bridgehead atoms. The zero-order valence-corrected chi connectivity index (χ0v) is 14.8. The van der Waals surface area contributed by atoms with Crippen molar-refractivity contribution in [3.8, 4) is 23.6 Å². The van der Waals surface area contributed by atoms with Gasteiger partial charge in [0.15, 0.2) is 23.9 Å². The minimum Gasteiger partial charge on any atom is -0.493 e. The van der Waals surface area contributed by atoms with Crippen molar-refractivity contribution in [3.63, 3.8) is 0 Å². The molecule has 1 aromatic carbocycles. The maximum atomic E-state index is 11.4. The van der Waals surface area contributed by atoms with Crippen LogP contribution < -0.4 is 15.2 Å². The number of hydrogen-bond acceptors (Lipinski definition) is 8. The maximum absolute atomic E-state index is 11.4. The predicted molar refractivity (Wildman–Crippen MR) is 96.3 cm³/mol. The second kappa shape index (κ2) is 8.92. The molecule has 3 N–H and O–H groups in total. The third-order valence-electron chi connectivity index (χ3n) is 3.45. The van der Waals surface area contributed by atoms with E-state index < -0.39 is 5.97 Å². The number of nitrogens with two attached hydrogens (primary N) is 1. The van der Waals surface area contributed by atoms with E-state index in [1.165, 1.54) is 7.11 Å². The summed E-state index contributed by atoms with van der Waals surface area (Å²) in [5.41, 5.74) is 6.74. The van der Waals surface area contributed by atoms with Crippen molar-refractivity contribution < 1.29 is 19.0 Å². The highest BCUT2D eigenvalue weighted by atomic mass is 16.6. The minimum atomic E-state index is -0.490. The molecule has 0 aliphatic heterocycles. The number of esters is 1. The molecule has 0 fully saturated rings. The van der Waals surface area contributed by atoms with Gasteiger partial charge in [0, 0.05) is 0 Å². The number of ether oxygens (including phenoxy) is 3. The van der Waals surface area contributed by atoms with Crippen molar-refractivity contribution in [1.82, 2.24) is 10.2 Å². The van der Waals surface area contributed by atoms with Gasteiger partial charge in [0.1, 0.15) is 17.7 Å². The summed E-state index contributed by atoms with van der Waals surface area (Å²) >= 11 is 0. The first-order valence-electron chi connectivity index (χ1n) is 7.86. The van der Waals surface area contributed by atoms with Gasteiger partial charge in [-0.3, -0.25) is 5.10 Å². The molecule has 9 heteroatoms. The number of hydrogen-bond donors (Lipinski definition) is 2. The van der Waals surface area contributed by atoms with E-state index in [0.717, 1.165) is 0 Å². The molecule has 2 aromatic rings. The maximum Gasteiger partial charge on any atom is 0.344 e. The number of carbonyl (C=O) groups is 1. The monoisotopic (exact) mass is 367 g/mol. The van der Waals surface area contributed by atoms with Crippen molar-refractivity contribution in [2.75, 3.05) is 26.1 Å². The van der Waals surface area contributed by atoms with E-state index in [4.69, 9.17) is 25.2 Å². The Hall–Kier alpha value is -3.98. The molecule has 2 rings (SSSR count). The molecule has 0 saturated carbocycles. The van der Waals surface area contributed by atoms with Gasteiger partial charge in [-0.25, -0.2) is 4.79 Å². The Labute approximate surface area is 155 Å². The molecule has 0 amide bonds. The number of nitrogens with zero attached hydrogens (tertiary/aromatic N) is 3. The van der Waals surface area contributed by atoms with Crippen molar-refractivity contribution in [3.05, 3.63) is 35.0 Å². The van der Waals surface area contributed by atoms with Gasteiger partial charge in [0.05, 0.1) is 25.0 Å². The zero-order chi connectivity index (χ0) is 19.8. The number of nitrogen functional groups attached to an aromatic ring is 1. The molecular weight excluding hydrogens is 350 g/mol. The van der Waals surface area contributed by atoms with Crippen LogP contribution in [0.5, 0.6) is 11.5 Å². The molecule has 0 spiro atoms. The lowest BCUT2D eigenvalue weighted by Crippen LogP contribution is -2.14. The van der Waals surface area contributed by atoms with Crippen molar-refractivity contribution in [2.24, 2.45) is 0 Å². The summed E-state index contributed by atoms with van der Waals surface area (Å²) in [4.78, 5) is 11.4. The smallest absolute Gasteiger partial charge is 0.344 e. The number of nitriles is 2. The molecule has 0 atom stereocenters. The standard InChI is InChI=1S/C18H17N5O4/c1-3-26-16(24)10-27-14-5-4-11(7-15(14)25-2)6-12(8-19)17-13(9-20)18(21)23-22-17/h4-7H,3,10H2,1-2H3,(H3,21,22,23)/b12-6-. The summed E-state index contributed by atoms with van der Waals surface area (Å²) in [5.74, 6) is 0.254. The normalized spacial score (nSPS) is 10.6. The van der Waals surface area contributed by atoms with E-state index in [0.29, 0.717) is 17.1 Å². The topological polar surface area (TPSA) is 147 Å². The average Bonchev–Trinajstić information content (AvgIpc) is 3.05. The molecular formula is C18H17N5O4. The fourth-order valence-corrected chi connectivity index (χ4v) is 2.22. The summed E-state index contributed by atoms with van der Waals surface area (Å²) in [6.07, 6.45) is 1.55. The Morgan fingerprint density at radius 1 is 1.37 bits per heavy atom. The highest BCUT2D eigenvalue weighted by Gasteiger charge is 2.15. The number of methoxy groups -OCH3 is 1. The molecule has 27 heavy (non-hydrogen) atoms. The van der Waals surface area contributed by atoms with Crippen LogP contribution in [-0.2, 0) is 9.53 Å². The van der Waals surface area contributed by atoms with Gasteiger partial charge < -0.3 is 19.9 Å². The van der Waals surface area contributed by atoms with E-state index in [9.17, 15) is 10.1 Å². The van der Waals surface area contributed by atoms with E-state index in [1.54, 1.807) is 31.2 Å². The molecule has 138 valence electrons. The van der Waals surface area contributed by atoms with Crippen LogP contribution >= 0.6 is 0 Å². The summed E-state index contributed by atoms with van der Waals surface area (Å²) < 4.78 is 15.5. The lowest BCUT2D eigenvalue weighted by Gasteiger charge is -2.11. The fourth-order valence-electron chi connectivity index (χ4n) is 2.22. The van der Waals surface area contributed by atoms with Crippen LogP contribution in [0.25, 0.3) is 11.6 Å².